The van der Waals surface area contributed by atoms with Gasteiger partial charge in [-0.25, -0.2) is 0 Å². The highest BCUT2D eigenvalue weighted by molar-refractivity contribution is 6.27. The van der Waals surface area contributed by atoms with Crippen molar-refractivity contribution in [2.75, 3.05) is 9.80 Å². The van der Waals surface area contributed by atoms with E-state index in [0.717, 1.165) is 122 Å². The maximum absolute atomic E-state index is 11.0. The zero-order valence-electron chi connectivity index (χ0n) is 39.6. The van der Waals surface area contributed by atoms with Crippen molar-refractivity contribution in [2.45, 2.75) is 0 Å². The van der Waals surface area contributed by atoms with Gasteiger partial charge in [-0.1, -0.05) is 182 Å². The fourth-order valence-corrected chi connectivity index (χ4v) is 10.7. The van der Waals surface area contributed by atoms with E-state index in [2.05, 4.69) is 204 Å². The first-order valence-corrected chi connectivity index (χ1v) is 24.5. The minimum atomic E-state index is 0.239. The zero-order chi connectivity index (χ0) is 48.8. The maximum Gasteiger partial charge on any atom is 0.136 e. The van der Waals surface area contributed by atoms with Crippen LogP contribution in [0.4, 0.5) is 34.1 Å². The van der Waals surface area contributed by atoms with Crippen LogP contribution >= 0.6 is 0 Å². The van der Waals surface area contributed by atoms with Gasteiger partial charge in [0.25, 0.3) is 0 Å². The second-order valence-corrected chi connectivity index (χ2v) is 18.4. The van der Waals surface area contributed by atoms with E-state index in [-0.39, 0.29) is 11.5 Å². The van der Waals surface area contributed by atoms with Crippen molar-refractivity contribution in [1.29, 1.82) is 0 Å². The van der Waals surface area contributed by atoms with Crippen LogP contribution in [0, 0.1) is 0 Å². The van der Waals surface area contributed by atoms with E-state index in [1.54, 1.807) is 12.1 Å². The number of phenolic OH excluding ortho intramolecular Hbond substituents is 2. The third-order valence-electron chi connectivity index (χ3n) is 14.0. The fourth-order valence-electron chi connectivity index (χ4n) is 10.7. The third kappa shape index (κ3) is 7.77. The van der Waals surface area contributed by atoms with E-state index in [4.69, 9.17) is 4.42 Å². The molecule has 13 aromatic rings. The minimum absolute atomic E-state index is 0.239. The van der Waals surface area contributed by atoms with Gasteiger partial charge in [0.1, 0.15) is 22.7 Å². The van der Waals surface area contributed by atoms with Crippen LogP contribution in [0.5, 0.6) is 11.5 Å². The summed E-state index contributed by atoms with van der Waals surface area (Å²) in [5, 5.41) is 28.4. The Bertz CT molecular complexity index is 3930. The van der Waals surface area contributed by atoms with Crippen molar-refractivity contribution >= 4 is 77.6 Å². The number of anilines is 6. The Hall–Kier alpha value is -9.84. The Labute approximate surface area is 423 Å². The predicted octanol–water partition coefficient (Wildman–Crippen LogP) is 18.9. The first-order valence-electron chi connectivity index (χ1n) is 24.5. The van der Waals surface area contributed by atoms with Gasteiger partial charge in [0.15, 0.2) is 0 Å². The fraction of sp³-hybridized carbons (Fsp3) is 0. The number of fused-ring (bicyclic) bond motifs is 7. The summed E-state index contributed by atoms with van der Waals surface area (Å²) in [5.41, 5.74) is 15.5. The Morgan fingerprint density at radius 2 is 0.644 bits per heavy atom. The highest BCUT2D eigenvalue weighted by atomic mass is 16.3. The lowest BCUT2D eigenvalue weighted by atomic mass is 9.97. The van der Waals surface area contributed by atoms with Crippen LogP contribution in [0.1, 0.15) is 0 Å². The third-order valence-corrected chi connectivity index (χ3v) is 14.0. The standard InChI is InChI=1S/C68H46N2O3/c71-63-31-13-9-27-57(63)47-21-15-23-51(41-47)69(61-29-11-7-25-55(61)45-17-3-1-4-18-45)53-35-37-59-49(43-53)33-39-65-67(59)68-60-38-36-54(44-50(60)34-40-66(68)73-65)70(62-30-12-8-26-56(62)46-19-5-2-6-20-46)52-24-16-22-48(42-52)58-28-10-14-32-64(58)72/h1-44,71-72H. The zero-order valence-corrected chi connectivity index (χ0v) is 39.6. The molecule has 1 heterocycles. The van der Waals surface area contributed by atoms with Crippen LogP contribution in [0.2, 0.25) is 0 Å². The van der Waals surface area contributed by atoms with E-state index in [1.165, 1.54) is 0 Å². The average molecular weight is 939 g/mol. The number of benzene rings is 12. The molecule has 0 saturated heterocycles. The molecule has 0 spiro atoms. The summed E-state index contributed by atoms with van der Waals surface area (Å²) in [7, 11) is 0. The molecule has 0 aliphatic carbocycles. The van der Waals surface area contributed by atoms with Crippen LogP contribution in [0.3, 0.4) is 0 Å². The molecule has 0 aliphatic heterocycles. The van der Waals surface area contributed by atoms with E-state index in [0.29, 0.717) is 0 Å². The number of hydrogen-bond acceptors (Lipinski definition) is 5. The molecule has 0 bridgehead atoms. The van der Waals surface area contributed by atoms with Gasteiger partial charge in [0, 0.05) is 55.8 Å². The molecule has 346 valence electrons. The van der Waals surface area contributed by atoms with Crippen LogP contribution in [0.25, 0.3) is 88.0 Å². The monoisotopic (exact) mass is 938 g/mol. The van der Waals surface area contributed by atoms with Crippen molar-refractivity contribution < 1.29 is 14.6 Å². The Morgan fingerprint density at radius 3 is 1.08 bits per heavy atom. The second kappa shape index (κ2) is 18.2. The topological polar surface area (TPSA) is 60.1 Å². The number of para-hydroxylation sites is 4. The molecule has 2 N–H and O–H groups in total. The SMILES string of the molecule is Oc1ccccc1-c1cccc(N(c2ccc3c(ccc4oc5ccc6cc(N(c7cccc(-c8ccccc8O)c7)c7ccccc7-c7ccccc7)ccc6c5c43)c2)c2ccccc2-c2ccccc2)c1. The van der Waals surface area contributed by atoms with E-state index in [9.17, 15) is 10.2 Å². The molecule has 0 amide bonds. The van der Waals surface area contributed by atoms with E-state index < -0.39 is 0 Å². The summed E-state index contributed by atoms with van der Waals surface area (Å²) in [6.07, 6.45) is 0. The largest absolute Gasteiger partial charge is 0.507 e. The van der Waals surface area contributed by atoms with Gasteiger partial charge in [0.2, 0.25) is 0 Å². The van der Waals surface area contributed by atoms with Gasteiger partial charge >= 0.3 is 0 Å². The van der Waals surface area contributed by atoms with Crippen LogP contribution in [-0.4, -0.2) is 10.2 Å². The highest BCUT2D eigenvalue weighted by Crippen LogP contribution is 2.47. The molecule has 0 aliphatic rings. The Balaban J connectivity index is 0.974. The van der Waals surface area contributed by atoms with Gasteiger partial charge in [-0.05, 0) is 129 Å². The second-order valence-electron chi connectivity index (χ2n) is 18.4. The van der Waals surface area contributed by atoms with Gasteiger partial charge in [-0.2, -0.15) is 0 Å². The molecule has 5 heteroatoms. The number of rotatable bonds is 10. The lowest BCUT2D eigenvalue weighted by molar-refractivity contribution is 0.477. The predicted molar refractivity (Wildman–Crippen MR) is 303 cm³/mol. The summed E-state index contributed by atoms with van der Waals surface area (Å²) >= 11 is 0. The molecule has 73 heavy (non-hydrogen) atoms. The van der Waals surface area contributed by atoms with Crippen LogP contribution < -0.4 is 9.80 Å². The average Bonchev–Trinajstić information content (AvgIpc) is 3.84. The summed E-state index contributed by atoms with van der Waals surface area (Å²) < 4.78 is 6.70. The molecular formula is C68H46N2O3. The smallest absolute Gasteiger partial charge is 0.136 e. The molecule has 0 unspecified atom stereocenters. The highest BCUT2D eigenvalue weighted by Gasteiger charge is 2.23. The van der Waals surface area contributed by atoms with Gasteiger partial charge in [-0.15, -0.1) is 0 Å². The van der Waals surface area contributed by atoms with E-state index >= 15 is 0 Å². The molecule has 12 aromatic carbocycles. The van der Waals surface area contributed by atoms with E-state index in [1.807, 2.05) is 60.7 Å². The normalized spacial score (nSPS) is 11.4. The summed E-state index contributed by atoms with van der Waals surface area (Å²) in [6.45, 7) is 0. The summed E-state index contributed by atoms with van der Waals surface area (Å²) in [5.74, 6) is 0.478. The summed E-state index contributed by atoms with van der Waals surface area (Å²) in [6, 6.07) is 91.8. The summed E-state index contributed by atoms with van der Waals surface area (Å²) in [4.78, 5) is 4.64. The lowest BCUT2D eigenvalue weighted by Gasteiger charge is -2.29. The lowest BCUT2D eigenvalue weighted by Crippen LogP contribution is -2.11. The number of phenols is 2. The maximum atomic E-state index is 11.0. The molecule has 1 aromatic heterocycles. The van der Waals surface area contributed by atoms with Crippen molar-refractivity contribution in [3.8, 4) is 56.0 Å². The molecule has 0 radical (unpaired) electrons. The number of hydrogen-bond donors (Lipinski definition) is 2. The molecule has 0 fully saturated rings. The molecule has 13 rings (SSSR count). The quantitative estimate of drug-likeness (QED) is 0.143. The number of nitrogens with zero attached hydrogens (tertiary/aromatic N) is 2. The number of aromatic hydroxyl groups is 2. The molecule has 0 saturated carbocycles. The Kier molecular flexibility index (Phi) is 10.7. The van der Waals surface area contributed by atoms with Crippen molar-refractivity contribution in [3.05, 3.63) is 267 Å². The van der Waals surface area contributed by atoms with Crippen LogP contribution in [0.15, 0.2) is 271 Å². The molecule has 5 nitrogen and oxygen atoms in total. The molecular weight excluding hydrogens is 893 g/mol. The van der Waals surface area contributed by atoms with Crippen LogP contribution in [-0.2, 0) is 0 Å². The Morgan fingerprint density at radius 1 is 0.274 bits per heavy atom. The van der Waals surface area contributed by atoms with Gasteiger partial charge in [-0.3, -0.25) is 0 Å². The first kappa shape index (κ1) is 43.2. The van der Waals surface area contributed by atoms with Crippen molar-refractivity contribution in [2.24, 2.45) is 0 Å². The molecule has 0 atom stereocenters. The van der Waals surface area contributed by atoms with Crippen molar-refractivity contribution in [1.82, 2.24) is 0 Å². The minimum Gasteiger partial charge on any atom is -0.507 e. The van der Waals surface area contributed by atoms with Gasteiger partial charge in [0.05, 0.1) is 11.4 Å². The number of furan rings is 1. The first-order chi connectivity index (χ1) is 36.0. The van der Waals surface area contributed by atoms with Crippen molar-refractivity contribution in [3.63, 3.8) is 0 Å². The van der Waals surface area contributed by atoms with Gasteiger partial charge < -0.3 is 24.4 Å².